The maximum absolute atomic E-state index is 12.0. The van der Waals surface area contributed by atoms with Gasteiger partial charge in [0.15, 0.2) is 0 Å². The van der Waals surface area contributed by atoms with Crippen molar-refractivity contribution in [3.63, 3.8) is 0 Å². The molecule has 3 rings (SSSR count). The van der Waals surface area contributed by atoms with Crippen molar-refractivity contribution in [1.82, 2.24) is 10.2 Å². The van der Waals surface area contributed by atoms with E-state index >= 15 is 0 Å². The molecule has 0 aromatic heterocycles. The standard InChI is InChI=1S/C15H17N3O5/c19-12-4-3-11(14(22)17-12)18-7-8-1-2-9(16-6-13(20)21)5-10(8)15(18)23/h1-2,5,11,15-16,23H,3-4,6-7H2,(H,20,21)(H,17,19,22). The molecule has 0 spiro atoms. The molecule has 0 saturated carbocycles. The Morgan fingerprint density at radius 2 is 2.17 bits per heavy atom. The van der Waals surface area contributed by atoms with Gasteiger partial charge in [-0.25, -0.2) is 0 Å². The third kappa shape index (κ3) is 3.03. The third-order valence-corrected chi connectivity index (χ3v) is 4.15. The Bertz CT molecular complexity index is 675. The van der Waals surface area contributed by atoms with Crippen LogP contribution in [0.1, 0.15) is 30.2 Å². The number of fused-ring (bicyclic) bond motifs is 1. The van der Waals surface area contributed by atoms with E-state index in [0.29, 0.717) is 24.2 Å². The van der Waals surface area contributed by atoms with Crippen LogP contribution in [0.25, 0.3) is 0 Å². The first-order valence-corrected chi connectivity index (χ1v) is 7.31. The van der Waals surface area contributed by atoms with Gasteiger partial charge in [0.2, 0.25) is 11.8 Å². The molecule has 2 aliphatic rings. The minimum absolute atomic E-state index is 0.217. The summed E-state index contributed by atoms with van der Waals surface area (Å²) in [6.45, 7) is 0.188. The number of hydrogen-bond donors (Lipinski definition) is 4. The Kier molecular flexibility index (Phi) is 4.01. The summed E-state index contributed by atoms with van der Waals surface area (Å²) in [6.07, 6.45) is -0.332. The first kappa shape index (κ1) is 15.4. The van der Waals surface area contributed by atoms with E-state index in [1.807, 2.05) is 0 Å². The fourth-order valence-electron chi connectivity index (χ4n) is 3.01. The molecular formula is C15H17N3O5. The van der Waals surface area contributed by atoms with E-state index in [0.717, 1.165) is 5.56 Å². The second-order valence-electron chi connectivity index (χ2n) is 5.67. The van der Waals surface area contributed by atoms with Crippen molar-refractivity contribution in [3.8, 4) is 0 Å². The van der Waals surface area contributed by atoms with Crippen molar-refractivity contribution < 1.29 is 24.6 Å². The van der Waals surface area contributed by atoms with Gasteiger partial charge in [0, 0.05) is 24.2 Å². The highest BCUT2D eigenvalue weighted by Gasteiger charge is 2.39. The predicted octanol–water partition coefficient (Wildman–Crippen LogP) is -0.205. The van der Waals surface area contributed by atoms with Gasteiger partial charge < -0.3 is 15.5 Å². The van der Waals surface area contributed by atoms with Gasteiger partial charge in [0.1, 0.15) is 12.8 Å². The fourth-order valence-corrected chi connectivity index (χ4v) is 3.01. The molecule has 2 amide bonds. The Hall–Kier alpha value is -2.45. The Labute approximate surface area is 132 Å². The first-order valence-electron chi connectivity index (χ1n) is 7.31. The summed E-state index contributed by atoms with van der Waals surface area (Å²) < 4.78 is 0. The summed E-state index contributed by atoms with van der Waals surface area (Å²) in [5.74, 6) is -1.66. The van der Waals surface area contributed by atoms with Crippen molar-refractivity contribution in [2.24, 2.45) is 0 Å². The van der Waals surface area contributed by atoms with Crippen LogP contribution in [0.5, 0.6) is 0 Å². The molecule has 1 fully saturated rings. The zero-order valence-electron chi connectivity index (χ0n) is 12.3. The maximum Gasteiger partial charge on any atom is 0.322 e. The monoisotopic (exact) mass is 319 g/mol. The molecule has 8 nitrogen and oxygen atoms in total. The Morgan fingerprint density at radius 3 is 2.87 bits per heavy atom. The molecule has 0 aliphatic carbocycles. The molecule has 1 aromatic carbocycles. The van der Waals surface area contributed by atoms with Crippen LogP contribution in [0.15, 0.2) is 18.2 Å². The van der Waals surface area contributed by atoms with Crippen molar-refractivity contribution in [2.75, 3.05) is 11.9 Å². The van der Waals surface area contributed by atoms with Crippen molar-refractivity contribution in [1.29, 1.82) is 0 Å². The molecule has 1 saturated heterocycles. The van der Waals surface area contributed by atoms with E-state index in [-0.39, 0.29) is 18.9 Å². The smallest absolute Gasteiger partial charge is 0.322 e. The molecule has 2 heterocycles. The molecule has 122 valence electrons. The third-order valence-electron chi connectivity index (χ3n) is 4.15. The quantitative estimate of drug-likeness (QED) is 0.567. The summed E-state index contributed by atoms with van der Waals surface area (Å²) >= 11 is 0. The van der Waals surface area contributed by atoms with Crippen LogP contribution >= 0.6 is 0 Å². The topological polar surface area (TPSA) is 119 Å². The van der Waals surface area contributed by atoms with Crippen molar-refractivity contribution >= 4 is 23.5 Å². The van der Waals surface area contributed by atoms with Crippen molar-refractivity contribution in [3.05, 3.63) is 29.3 Å². The lowest BCUT2D eigenvalue weighted by molar-refractivity contribution is -0.142. The average Bonchev–Trinajstić information content (AvgIpc) is 2.82. The highest BCUT2D eigenvalue weighted by Crippen LogP contribution is 2.36. The van der Waals surface area contributed by atoms with Crippen LogP contribution in [0, 0.1) is 0 Å². The summed E-state index contributed by atoms with van der Waals surface area (Å²) in [5, 5.41) is 24.2. The number of carboxylic acid groups (broad SMARTS) is 1. The van der Waals surface area contributed by atoms with E-state index in [4.69, 9.17) is 5.11 Å². The van der Waals surface area contributed by atoms with Gasteiger partial charge in [-0.3, -0.25) is 24.6 Å². The van der Waals surface area contributed by atoms with E-state index in [1.165, 1.54) is 0 Å². The lowest BCUT2D eigenvalue weighted by atomic mass is 10.0. The Morgan fingerprint density at radius 1 is 1.39 bits per heavy atom. The predicted molar refractivity (Wildman–Crippen MR) is 79.2 cm³/mol. The second-order valence-corrected chi connectivity index (χ2v) is 5.67. The molecule has 2 atom stereocenters. The van der Waals surface area contributed by atoms with Gasteiger partial charge in [-0.15, -0.1) is 0 Å². The molecule has 1 aromatic rings. The lowest BCUT2D eigenvalue weighted by Crippen LogP contribution is -2.51. The number of carboxylic acids is 1. The number of aliphatic hydroxyl groups is 1. The largest absolute Gasteiger partial charge is 0.480 e. The van der Waals surface area contributed by atoms with Gasteiger partial charge in [0.05, 0.1) is 6.04 Å². The summed E-state index contributed by atoms with van der Waals surface area (Å²) in [6, 6.07) is 4.68. The summed E-state index contributed by atoms with van der Waals surface area (Å²) in [7, 11) is 0. The second kappa shape index (κ2) is 5.98. The number of piperidine rings is 1. The van der Waals surface area contributed by atoms with E-state index in [1.54, 1.807) is 23.1 Å². The average molecular weight is 319 g/mol. The molecule has 4 N–H and O–H groups in total. The number of nitrogens with zero attached hydrogens (tertiary/aromatic N) is 1. The number of amides is 2. The van der Waals surface area contributed by atoms with Crippen LogP contribution < -0.4 is 10.6 Å². The number of anilines is 1. The highest BCUT2D eigenvalue weighted by molar-refractivity contribution is 6.00. The number of hydrogen-bond acceptors (Lipinski definition) is 6. The molecule has 23 heavy (non-hydrogen) atoms. The van der Waals surface area contributed by atoms with E-state index in [2.05, 4.69) is 10.6 Å². The lowest BCUT2D eigenvalue weighted by Gasteiger charge is -2.31. The molecule has 0 radical (unpaired) electrons. The van der Waals surface area contributed by atoms with Crippen molar-refractivity contribution in [2.45, 2.75) is 31.7 Å². The normalized spacial score (nSPS) is 24.2. The SMILES string of the molecule is O=C(O)CNc1ccc2c(c1)C(O)N(C1CCC(=O)NC1=O)C2. The van der Waals surface area contributed by atoms with Crippen LogP contribution in [0.2, 0.25) is 0 Å². The number of rotatable bonds is 4. The van der Waals surface area contributed by atoms with Gasteiger partial charge >= 0.3 is 5.97 Å². The number of benzene rings is 1. The zero-order chi connectivity index (χ0) is 16.6. The molecular weight excluding hydrogens is 302 g/mol. The molecule has 2 unspecified atom stereocenters. The van der Waals surface area contributed by atoms with Gasteiger partial charge in [-0.05, 0) is 24.1 Å². The maximum atomic E-state index is 12.0. The molecule has 0 bridgehead atoms. The van der Waals surface area contributed by atoms with Gasteiger partial charge in [-0.1, -0.05) is 6.07 Å². The number of aliphatic hydroxyl groups excluding tert-OH is 1. The minimum atomic E-state index is -0.976. The fraction of sp³-hybridized carbons (Fsp3) is 0.400. The highest BCUT2D eigenvalue weighted by atomic mass is 16.4. The number of carbonyl (C=O) groups excluding carboxylic acids is 2. The van der Waals surface area contributed by atoms with Gasteiger partial charge in [-0.2, -0.15) is 0 Å². The molecule has 2 aliphatic heterocycles. The number of carbonyl (C=O) groups is 3. The van der Waals surface area contributed by atoms with Crippen LogP contribution in [0.4, 0.5) is 5.69 Å². The van der Waals surface area contributed by atoms with E-state index in [9.17, 15) is 19.5 Å². The zero-order valence-corrected chi connectivity index (χ0v) is 12.3. The van der Waals surface area contributed by atoms with Crippen LogP contribution in [0.3, 0.4) is 0 Å². The first-order chi connectivity index (χ1) is 11.0. The number of imide groups is 1. The van der Waals surface area contributed by atoms with Crippen LogP contribution in [-0.4, -0.2) is 45.5 Å². The molecule has 8 heteroatoms. The minimum Gasteiger partial charge on any atom is -0.480 e. The number of aliphatic carboxylic acids is 1. The summed E-state index contributed by atoms with van der Waals surface area (Å²) in [4.78, 5) is 35.5. The van der Waals surface area contributed by atoms with E-state index < -0.39 is 24.1 Å². The van der Waals surface area contributed by atoms with Gasteiger partial charge in [0.25, 0.3) is 0 Å². The number of nitrogens with one attached hydrogen (secondary N) is 2. The Balaban J connectivity index is 1.76. The van der Waals surface area contributed by atoms with Crippen LogP contribution in [-0.2, 0) is 20.9 Å². The summed E-state index contributed by atoms with van der Waals surface area (Å²) in [5.41, 5.74) is 2.11.